The van der Waals surface area contributed by atoms with E-state index < -0.39 is 0 Å². The van der Waals surface area contributed by atoms with Crippen molar-refractivity contribution in [2.24, 2.45) is 0 Å². The second-order valence-electron chi connectivity index (χ2n) is 5.30. The minimum atomic E-state index is -0.145. The van der Waals surface area contributed by atoms with Crippen molar-refractivity contribution in [2.75, 3.05) is 17.2 Å². The van der Waals surface area contributed by atoms with Crippen molar-refractivity contribution in [3.8, 4) is 0 Å². The number of amides is 1. The molecule has 0 heterocycles. The Balaban J connectivity index is 1.91. The van der Waals surface area contributed by atoms with Gasteiger partial charge in [-0.05, 0) is 41.8 Å². The van der Waals surface area contributed by atoms with E-state index in [1.54, 1.807) is 18.2 Å². The lowest BCUT2D eigenvalue weighted by Gasteiger charge is -2.10. The Morgan fingerprint density at radius 2 is 1.77 bits per heavy atom. The number of benzene rings is 2. The molecule has 2 rings (SSSR count). The van der Waals surface area contributed by atoms with Crippen LogP contribution in [-0.2, 0) is 4.79 Å². The van der Waals surface area contributed by atoms with Crippen LogP contribution in [0.25, 0.3) is 0 Å². The average molecular weight is 337 g/mol. The van der Waals surface area contributed by atoms with Crippen LogP contribution in [0.4, 0.5) is 11.4 Å². The van der Waals surface area contributed by atoms with E-state index >= 15 is 0 Å². The summed E-state index contributed by atoms with van der Waals surface area (Å²) in [6.07, 6.45) is 0. The Hall–Kier alpha value is -1.71. The first-order valence-electron chi connectivity index (χ1n) is 7.04. The minimum absolute atomic E-state index is 0.117. The zero-order chi connectivity index (χ0) is 16.1. The molecule has 116 valence electrons. The molecule has 0 aromatic heterocycles. The van der Waals surface area contributed by atoms with Gasteiger partial charge in [-0.1, -0.05) is 49.2 Å². The summed E-state index contributed by atoms with van der Waals surface area (Å²) < 4.78 is 0. The van der Waals surface area contributed by atoms with Crippen LogP contribution in [0.3, 0.4) is 0 Å². The van der Waals surface area contributed by atoms with E-state index in [2.05, 4.69) is 24.5 Å². The quantitative estimate of drug-likeness (QED) is 0.790. The second kappa shape index (κ2) is 7.52. The molecule has 0 atom stereocenters. The smallest absolute Gasteiger partial charge is 0.243 e. The molecule has 0 aliphatic carbocycles. The zero-order valence-corrected chi connectivity index (χ0v) is 14.0. The highest BCUT2D eigenvalue weighted by atomic mass is 35.5. The molecule has 0 radical (unpaired) electrons. The monoisotopic (exact) mass is 336 g/mol. The van der Waals surface area contributed by atoms with Crippen molar-refractivity contribution in [1.82, 2.24) is 0 Å². The van der Waals surface area contributed by atoms with E-state index in [4.69, 9.17) is 23.2 Å². The zero-order valence-electron chi connectivity index (χ0n) is 12.5. The van der Waals surface area contributed by atoms with Gasteiger partial charge in [0.15, 0.2) is 0 Å². The number of hydrogen-bond donors (Lipinski definition) is 2. The molecule has 5 heteroatoms. The largest absolute Gasteiger partial charge is 0.375 e. The number of carbonyl (C=O) groups excluding carboxylic acids is 1. The lowest BCUT2D eigenvalue weighted by molar-refractivity contribution is -0.114. The second-order valence-corrected chi connectivity index (χ2v) is 6.15. The predicted molar refractivity (Wildman–Crippen MR) is 94.1 cm³/mol. The van der Waals surface area contributed by atoms with Crippen LogP contribution in [0.1, 0.15) is 25.3 Å². The highest BCUT2D eigenvalue weighted by Gasteiger charge is 2.06. The lowest BCUT2D eigenvalue weighted by Crippen LogP contribution is -2.21. The van der Waals surface area contributed by atoms with Crippen molar-refractivity contribution in [2.45, 2.75) is 19.8 Å². The average Bonchev–Trinajstić information content (AvgIpc) is 2.49. The fourth-order valence-corrected chi connectivity index (χ4v) is 2.32. The molecule has 0 bridgehead atoms. The Kier molecular flexibility index (Phi) is 5.69. The van der Waals surface area contributed by atoms with Gasteiger partial charge in [0, 0.05) is 10.7 Å². The number of nitrogens with one attached hydrogen (secondary N) is 2. The van der Waals surface area contributed by atoms with Crippen LogP contribution in [-0.4, -0.2) is 12.5 Å². The van der Waals surface area contributed by atoms with E-state index in [-0.39, 0.29) is 12.5 Å². The highest BCUT2D eigenvalue weighted by molar-refractivity contribution is 6.35. The van der Waals surface area contributed by atoms with Gasteiger partial charge >= 0.3 is 0 Å². The SMILES string of the molecule is CC(C)c1ccc(NC(=O)CNc2cc(Cl)ccc2Cl)cc1. The molecule has 0 saturated carbocycles. The third-order valence-electron chi connectivity index (χ3n) is 3.23. The molecule has 2 aromatic carbocycles. The van der Waals surface area contributed by atoms with Crippen molar-refractivity contribution in [3.63, 3.8) is 0 Å². The van der Waals surface area contributed by atoms with Crippen LogP contribution in [0.15, 0.2) is 42.5 Å². The van der Waals surface area contributed by atoms with Gasteiger partial charge in [-0.15, -0.1) is 0 Å². The first-order valence-corrected chi connectivity index (χ1v) is 7.80. The third-order valence-corrected chi connectivity index (χ3v) is 3.79. The Bertz CT molecular complexity index is 654. The number of carbonyl (C=O) groups is 1. The standard InChI is InChI=1S/C17H18Cl2N2O/c1-11(2)12-3-6-14(7-4-12)21-17(22)10-20-16-9-13(18)5-8-15(16)19/h3-9,11,20H,10H2,1-2H3,(H,21,22). The molecule has 22 heavy (non-hydrogen) atoms. The van der Waals surface area contributed by atoms with E-state index in [1.165, 1.54) is 5.56 Å². The molecule has 1 amide bonds. The van der Waals surface area contributed by atoms with Gasteiger partial charge in [-0.25, -0.2) is 0 Å². The third kappa shape index (κ3) is 4.65. The fourth-order valence-electron chi connectivity index (χ4n) is 1.97. The molecule has 0 fully saturated rings. The molecular weight excluding hydrogens is 319 g/mol. The summed E-state index contributed by atoms with van der Waals surface area (Å²) in [6.45, 7) is 4.38. The van der Waals surface area contributed by atoms with Gasteiger partial charge in [0.1, 0.15) is 0 Å². The molecule has 0 unspecified atom stereocenters. The van der Waals surface area contributed by atoms with Crippen molar-refractivity contribution < 1.29 is 4.79 Å². The first-order chi connectivity index (χ1) is 10.5. The maximum atomic E-state index is 12.0. The molecule has 0 aliphatic rings. The topological polar surface area (TPSA) is 41.1 Å². The lowest BCUT2D eigenvalue weighted by atomic mass is 10.0. The highest BCUT2D eigenvalue weighted by Crippen LogP contribution is 2.25. The number of hydrogen-bond acceptors (Lipinski definition) is 2. The molecule has 0 aliphatic heterocycles. The van der Waals surface area contributed by atoms with Crippen molar-refractivity contribution >= 4 is 40.5 Å². The van der Waals surface area contributed by atoms with Crippen LogP contribution in [0, 0.1) is 0 Å². The van der Waals surface area contributed by atoms with Gasteiger partial charge in [-0.2, -0.15) is 0 Å². The summed E-state index contributed by atoms with van der Waals surface area (Å²) in [5.74, 6) is 0.324. The summed E-state index contributed by atoms with van der Waals surface area (Å²) >= 11 is 11.9. The van der Waals surface area contributed by atoms with Crippen LogP contribution < -0.4 is 10.6 Å². The van der Waals surface area contributed by atoms with Crippen LogP contribution in [0.5, 0.6) is 0 Å². The maximum Gasteiger partial charge on any atom is 0.243 e. The molecule has 0 saturated heterocycles. The molecular formula is C17H18Cl2N2O. The first kappa shape index (κ1) is 16.7. The summed E-state index contributed by atoms with van der Waals surface area (Å²) in [5, 5.41) is 6.90. The summed E-state index contributed by atoms with van der Waals surface area (Å²) in [7, 11) is 0. The Morgan fingerprint density at radius 1 is 1.09 bits per heavy atom. The molecule has 3 nitrogen and oxygen atoms in total. The van der Waals surface area contributed by atoms with Crippen LogP contribution in [0.2, 0.25) is 10.0 Å². The van der Waals surface area contributed by atoms with E-state index in [1.807, 2.05) is 24.3 Å². The van der Waals surface area contributed by atoms with Gasteiger partial charge in [0.05, 0.1) is 17.3 Å². The fraction of sp³-hybridized carbons (Fsp3) is 0.235. The molecule has 2 N–H and O–H groups in total. The van der Waals surface area contributed by atoms with E-state index in [9.17, 15) is 4.79 Å². The molecule has 2 aromatic rings. The van der Waals surface area contributed by atoms with E-state index in [0.717, 1.165) is 5.69 Å². The molecule has 0 spiro atoms. The summed E-state index contributed by atoms with van der Waals surface area (Å²) in [5.41, 5.74) is 2.65. The maximum absolute atomic E-state index is 12.0. The van der Waals surface area contributed by atoms with Crippen molar-refractivity contribution in [1.29, 1.82) is 0 Å². The van der Waals surface area contributed by atoms with E-state index in [0.29, 0.717) is 21.7 Å². The van der Waals surface area contributed by atoms with Crippen LogP contribution >= 0.6 is 23.2 Å². The van der Waals surface area contributed by atoms with Gasteiger partial charge < -0.3 is 10.6 Å². The number of halogens is 2. The normalized spacial score (nSPS) is 10.6. The van der Waals surface area contributed by atoms with Gasteiger partial charge in [0.2, 0.25) is 5.91 Å². The Morgan fingerprint density at radius 3 is 2.41 bits per heavy atom. The van der Waals surface area contributed by atoms with Gasteiger partial charge in [0.25, 0.3) is 0 Å². The minimum Gasteiger partial charge on any atom is -0.375 e. The van der Waals surface area contributed by atoms with Crippen molar-refractivity contribution in [3.05, 3.63) is 58.1 Å². The summed E-state index contributed by atoms with van der Waals surface area (Å²) in [6, 6.07) is 12.9. The number of rotatable bonds is 5. The summed E-state index contributed by atoms with van der Waals surface area (Å²) in [4.78, 5) is 12.0. The number of anilines is 2. The van der Waals surface area contributed by atoms with Gasteiger partial charge in [-0.3, -0.25) is 4.79 Å². The Labute approximate surface area is 140 Å². The predicted octanol–water partition coefficient (Wildman–Crippen LogP) is 5.17.